The van der Waals surface area contributed by atoms with Gasteiger partial charge in [0, 0.05) is 43.6 Å². The second-order valence-electron chi connectivity index (χ2n) is 5.48. The van der Waals surface area contributed by atoms with E-state index in [1.54, 1.807) is 0 Å². The molecule has 0 bridgehead atoms. The quantitative estimate of drug-likeness (QED) is 0.868. The molecule has 0 unspecified atom stereocenters. The molecule has 18 heavy (non-hydrogen) atoms. The highest BCUT2D eigenvalue weighted by molar-refractivity contribution is 5.30. The summed E-state index contributed by atoms with van der Waals surface area (Å²) >= 11 is 0. The zero-order chi connectivity index (χ0) is 13.0. The summed E-state index contributed by atoms with van der Waals surface area (Å²) in [7, 11) is 2.11. The molecule has 0 saturated heterocycles. The third-order valence-electron chi connectivity index (χ3n) is 3.59. The van der Waals surface area contributed by atoms with Crippen LogP contribution in [0.5, 0.6) is 0 Å². The summed E-state index contributed by atoms with van der Waals surface area (Å²) in [5.74, 6) is 0.857. The molecule has 4 heteroatoms. The Morgan fingerprint density at radius 2 is 1.89 bits per heavy atom. The minimum absolute atomic E-state index is 0.492. The van der Waals surface area contributed by atoms with E-state index in [4.69, 9.17) is 0 Å². The first-order valence-electron chi connectivity index (χ1n) is 6.94. The van der Waals surface area contributed by atoms with Crippen LogP contribution < -0.4 is 10.2 Å². The second-order valence-corrected chi connectivity index (χ2v) is 5.48. The van der Waals surface area contributed by atoms with E-state index in [2.05, 4.69) is 41.1 Å². The van der Waals surface area contributed by atoms with Gasteiger partial charge < -0.3 is 10.2 Å². The number of anilines is 1. The molecular weight excluding hydrogens is 224 g/mol. The van der Waals surface area contributed by atoms with Gasteiger partial charge in [0.15, 0.2) is 0 Å². The summed E-state index contributed by atoms with van der Waals surface area (Å²) < 4.78 is 0. The van der Waals surface area contributed by atoms with Crippen molar-refractivity contribution in [2.45, 2.75) is 58.2 Å². The van der Waals surface area contributed by atoms with Gasteiger partial charge in [-0.05, 0) is 12.8 Å². The zero-order valence-corrected chi connectivity index (χ0v) is 11.7. The molecule has 1 aliphatic carbocycles. The maximum atomic E-state index is 4.48. The summed E-state index contributed by atoms with van der Waals surface area (Å²) in [4.78, 5) is 11.2. The number of hydrogen-bond acceptors (Lipinski definition) is 4. The van der Waals surface area contributed by atoms with E-state index in [1.165, 1.54) is 25.7 Å². The van der Waals surface area contributed by atoms with Crippen molar-refractivity contribution >= 4 is 5.95 Å². The van der Waals surface area contributed by atoms with Gasteiger partial charge >= 0.3 is 0 Å². The van der Waals surface area contributed by atoms with Crippen LogP contribution >= 0.6 is 0 Å². The molecule has 0 aromatic carbocycles. The predicted molar refractivity (Wildman–Crippen MR) is 74.7 cm³/mol. The van der Waals surface area contributed by atoms with E-state index in [1.807, 2.05) is 12.4 Å². The van der Waals surface area contributed by atoms with Gasteiger partial charge in [0.05, 0.1) is 0 Å². The maximum Gasteiger partial charge on any atom is 0.225 e. The van der Waals surface area contributed by atoms with Crippen LogP contribution in [0, 0.1) is 0 Å². The molecule has 0 amide bonds. The lowest BCUT2D eigenvalue weighted by Crippen LogP contribution is -2.30. The Hall–Kier alpha value is -1.16. The van der Waals surface area contributed by atoms with Crippen LogP contribution in [0.2, 0.25) is 0 Å². The number of rotatable bonds is 5. The van der Waals surface area contributed by atoms with Crippen LogP contribution in [0.15, 0.2) is 12.4 Å². The predicted octanol–water partition coefficient (Wildman–Crippen LogP) is 2.35. The largest absolute Gasteiger partial charge is 0.341 e. The van der Waals surface area contributed by atoms with Crippen LogP contribution in [0.4, 0.5) is 5.95 Å². The van der Waals surface area contributed by atoms with Gasteiger partial charge in [-0.3, -0.25) is 0 Å². The van der Waals surface area contributed by atoms with Gasteiger partial charge in [-0.1, -0.05) is 26.7 Å². The number of nitrogens with one attached hydrogen (secondary N) is 1. The van der Waals surface area contributed by atoms with Crippen LogP contribution in [0.1, 0.15) is 45.1 Å². The molecule has 1 aromatic heterocycles. The monoisotopic (exact) mass is 248 g/mol. The third-order valence-corrected chi connectivity index (χ3v) is 3.59. The van der Waals surface area contributed by atoms with E-state index in [9.17, 15) is 0 Å². The van der Waals surface area contributed by atoms with Crippen molar-refractivity contribution in [1.29, 1.82) is 0 Å². The van der Waals surface area contributed by atoms with Crippen molar-refractivity contribution in [3.8, 4) is 0 Å². The average Bonchev–Trinajstić information content (AvgIpc) is 2.90. The lowest BCUT2D eigenvalue weighted by molar-refractivity contribution is 0.585. The average molecular weight is 248 g/mol. The first kappa shape index (κ1) is 13.3. The fourth-order valence-electron chi connectivity index (χ4n) is 2.40. The van der Waals surface area contributed by atoms with Gasteiger partial charge in [-0.25, -0.2) is 9.97 Å². The Morgan fingerprint density at radius 3 is 2.44 bits per heavy atom. The van der Waals surface area contributed by atoms with Crippen LogP contribution in [0.25, 0.3) is 0 Å². The summed E-state index contributed by atoms with van der Waals surface area (Å²) in [5, 5.41) is 3.37. The van der Waals surface area contributed by atoms with E-state index in [0.717, 1.165) is 18.1 Å². The molecule has 1 aliphatic rings. The fraction of sp³-hybridized carbons (Fsp3) is 0.714. The van der Waals surface area contributed by atoms with Crippen LogP contribution in [0.3, 0.4) is 0 Å². The normalized spacial score (nSPS) is 16.4. The van der Waals surface area contributed by atoms with E-state index < -0.39 is 0 Å². The molecule has 1 saturated carbocycles. The molecule has 1 aromatic rings. The zero-order valence-electron chi connectivity index (χ0n) is 11.7. The second kappa shape index (κ2) is 6.14. The Labute approximate surface area is 110 Å². The molecule has 0 spiro atoms. The lowest BCUT2D eigenvalue weighted by atomic mass is 10.2. The minimum Gasteiger partial charge on any atom is -0.341 e. The third kappa shape index (κ3) is 3.42. The smallest absolute Gasteiger partial charge is 0.225 e. The van der Waals surface area contributed by atoms with Crippen molar-refractivity contribution in [3.63, 3.8) is 0 Å². The Balaban J connectivity index is 1.93. The maximum absolute atomic E-state index is 4.48. The Bertz CT molecular complexity index is 355. The molecule has 2 rings (SSSR count). The standard InChI is InChI=1S/C14H24N4/c1-11(2)15-8-12-9-16-14(17-10-12)18(3)13-6-4-5-7-13/h9-11,13,15H,4-8H2,1-3H3. The Morgan fingerprint density at radius 1 is 1.28 bits per heavy atom. The molecule has 1 N–H and O–H groups in total. The number of hydrogen-bond donors (Lipinski definition) is 1. The van der Waals surface area contributed by atoms with E-state index in [-0.39, 0.29) is 0 Å². The summed E-state index contributed by atoms with van der Waals surface area (Å²) in [6, 6.07) is 1.12. The highest BCUT2D eigenvalue weighted by atomic mass is 15.2. The SMILES string of the molecule is CC(C)NCc1cnc(N(C)C2CCCC2)nc1. The highest BCUT2D eigenvalue weighted by Gasteiger charge is 2.21. The van der Waals surface area contributed by atoms with Crippen molar-refractivity contribution in [3.05, 3.63) is 18.0 Å². The minimum atomic E-state index is 0.492. The Kier molecular flexibility index (Phi) is 4.53. The molecule has 0 radical (unpaired) electrons. The van der Waals surface area contributed by atoms with Crippen molar-refractivity contribution in [1.82, 2.24) is 15.3 Å². The van der Waals surface area contributed by atoms with Gasteiger partial charge in [0.2, 0.25) is 5.95 Å². The molecule has 0 aliphatic heterocycles. The van der Waals surface area contributed by atoms with Crippen molar-refractivity contribution in [2.24, 2.45) is 0 Å². The molecule has 100 valence electrons. The van der Waals surface area contributed by atoms with Gasteiger partial charge in [-0.2, -0.15) is 0 Å². The van der Waals surface area contributed by atoms with Crippen molar-refractivity contribution in [2.75, 3.05) is 11.9 Å². The van der Waals surface area contributed by atoms with E-state index >= 15 is 0 Å². The first-order chi connectivity index (χ1) is 8.66. The summed E-state index contributed by atoms with van der Waals surface area (Å²) in [6.45, 7) is 5.12. The molecular formula is C14H24N4. The van der Waals surface area contributed by atoms with Crippen molar-refractivity contribution < 1.29 is 0 Å². The number of aromatic nitrogens is 2. The summed E-state index contributed by atoms with van der Waals surface area (Å²) in [5.41, 5.74) is 1.15. The molecule has 1 fully saturated rings. The lowest BCUT2D eigenvalue weighted by Gasteiger charge is -2.24. The van der Waals surface area contributed by atoms with Crippen LogP contribution in [-0.2, 0) is 6.54 Å². The highest BCUT2D eigenvalue weighted by Crippen LogP contribution is 2.24. The fourth-order valence-corrected chi connectivity index (χ4v) is 2.40. The molecule has 0 atom stereocenters. The van der Waals surface area contributed by atoms with Gasteiger partial charge in [0.1, 0.15) is 0 Å². The first-order valence-corrected chi connectivity index (χ1v) is 6.94. The molecule has 4 nitrogen and oxygen atoms in total. The number of nitrogens with zero attached hydrogens (tertiary/aromatic N) is 3. The van der Waals surface area contributed by atoms with Gasteiger partial charge in [0.25, 0.3) is 0 Å². The molecule has 1 heterocycles. The van der Waals surface area contributed by atoms with Crippen LogP contribution in [-0.4, -0.2) is 29.1 Å². The summed E-state index contributed by atoms with van der Waals surface area (Å²) in [6.07, 6.45) is 9.09. The van der Waals surface area contributed by atoms with Gasteiger partial charge in [-0.15, -0.1) is 0 Å². The van der Waals surface area contributed by atoms with E-state index in [0.29, 0.717) is 12.1 Å². The topological polar surface area (TPSA) is 41.1 Å².